The molecule has 2 aromatic rings. The van der Waals surface area contributed by atoms with Gasteiger partial charge in [-0.3, -0.25) is 0 Å². The highest BCUT2D eigenvalue weighted by molar-refractivity contribution is 6.32. The molecule has 2 bridgehead atoms. The number of fused-ring (bicyclic) bond motifs is 4. The molecule has 1 atom stereocenters. The summed E-state index contributed by atoms with van der Waals surface area (Å²) in [6, 6.07) is 4.54. The van der Waals surface area contributed by atoms with Gasteiger partial charge in [-0.25, -0.2) is 0 Å². The monoisotopic (exact) mass is 317 g/mol. The highest BCUT2D eigenvalue weighted by Gasteiger charge is 2.35. The van der Waals surface area contributed by atoms with E-state index in [1.807, 2.05) is 12.1 Å². The third-order valence-corrected chi connectivity index (χ3v) is 5.92. The lowest BCUT2D eigenvalue weighted by Gasteiger charge is -2.44. The maximum absolute atomic E-state index is 6.38. The predicted octanol–water partition coefficient (Wildman–Crippen LogP) is 3.86. The maximum Gasteiger partial charge on any atom is 0.177 e. The topological polar surface area (TPSA) is 41.3 Å². The highest BCUT2D eigenvalue weighted by Crippen LogP contribution is 2.47. The molecule has 1 aromatic carbocycles. The summed E-state index contributed by atoms with van der Waals surface area (Å²) in [7, 11) is 0. The average Bonchev–Trinajstić information content (AvgIpc) is 3.30. The summed E-state index contributed by atoms with van der Waals surface area (Å²) in [6.07, 6.45) is 5.02. The van der Waals surface area contributed by atoms with Gasteiger partial charge < -0.3 is 14.7 Å². The van der Waals surface area contributed by atoms with Gasteiger partial charge in [-0.05, 0) is 62.7 Å². The molecule has 1 unspecified atom stereocenters. The lowest BCUT2D eigenvalue weighted by Crippen LogP contribution is -2.53. The lowest BCUT2D eigenvalue weighted by atomic mass is 9.84. The summed E-state index contributed by atoms with van der Waals surface area (Å²) >= 11 is 6.38. The van der Waals surface area contributed by atoms with Crippen LogP contribution in [0.3, 0.4) is 0 Å². The first kappa shape index (κ1) is 13.2. The first-order valence-electron chi connectivity index (χ1n) is 8.36. The second kappa shape index (κ2) is 4.87. The molecule has 3 saturated heterocycles. The van der Waals surface area contributed by atoms with Crippen LogP contribution >= 0.6 is 11.6 Å². The number of halogens is 1. The molecule has 3 aliphatic heterocycles. The molecule has 22 heavy (non-hydrogen) atoms. The number of hydrogen-bond donors (Lipinski definition) is 1. The Balaban J connectivity index is 1.49. The Hall–Kier alpha value is -1.26. The number of benzene rings is 1. The van der Waals surface area contributed by atoms with Crippen molar-refractivity contribution in [3.05, 3.63) is 22.7 Å². The SMILES string of the molecule is Clc1ccc2c(NC3CN4CCC3CC4)noc2c1C1CC1. The molecular formula is C17H20ClN3O. The van der Waals surface area contributed by atoms with Crippen molar-refractivity contribution in [2.75, 3.05) is 25.0 Å². The molecule has 4 heterocycles. The molecule has 1 N–H and O–H groups in total. The number of hydrogen-bond acceptors (Lipinski definition) is 4. The van der Waals surface area contributed by atoms with Crippen LogP contribution in [0.25, 0.3) is 11.0 Å². The van der Waals surface area contributed by atoms with Crippen LogP contribution in [0.5, 0.6) is 0 Å². The molecule has 116 valence electrons. The number of rotatable bonds is 3. The molecule has 0 radical (unpaired) electrons. The molecule has 4 nitrogen and oxygen atoms in total. The first-order chi connectivity index (χ1) is 10.8. The molecule has 4 aliphatic rings. The number of piperidine rings is 3. The second-order valence-electron chi connectivity index (χ2n) is 7.03. The van der Waals surface area contributed by atoms with Crippen molar-refractivity contribution < 1.29 is 4.52 Å². The van der Waals surface area contributed by atoms with E-state index in [2.05, 4.69) is 15.4 Å². The molecule has 0 spiro atoms. The van der Waals surface area contributed by atoms with E-state index in [9.17, 15) is 0 Å². The van der Waals surface area contributed by atoms with E-state index in [0.717, 1.165) is 39.8 Å². The fourth-order valence-electron chi connectivity index (χ4n) is 4.16. The first-order valence-corrected chi connectivity index (χ1v) is 8.74. The van der Waals surface area contributed by atoms with Gasteiger partial charge in [0, 0.05) is 23.2 Å². The number of anilines is 1. The summed E-state index contributed by atoms with van der Waals surface area (Å²) < 4.78 is 5.67. The van der Waals surface area contributed by atoms with E-state index in [-0.39, 0.29) is 0 Å². The quantitative estimate of drug-likeness (QED) is 0.933. The van der Waals surface area contributed by atoms with Crippen LogP contribution in [-0.4, -0.2) is 35.7 Å². The van der Waals surface area contributed by atoms with Gasteiger partial charge in [0.15, 0.2) is 11.4 Å². The van der Waals surface area contributed by atoms with Gasteiger partial charge in [-0.15, -0.1) is 0 Å². The van der Waals surface area contributed by atoms with E-state index < -0.39 is 0 Å². The molecule has 1 aliphatic carbocycles. The molecular weight excluding hydrogens is 298 g/mol. The second-order valence-corrected chi connectivity index (χ2v) is 7.44. The Morgan fingerprint density at radius 3 is 2.68 bits per heavy atom. The summed E-state index contributed by atoms with van der Waals surface area (Å²) in [6.45, 7) is 3.63. The molecule has 5 heteroatoms. The lowest BCUT2D eigenvalue weighted by molar-refractivity contribution is 0.0973. The normalized spacial score (nSPS) is 30.9. The van der Waals surface area contributed by atoms with Crippen molar-refractivity contribution in [1.82, 2.24) is 10.1 Å². The van der Waals surface area contributed by atoms with E-state index >= 15 is 0 Å². The van der Waals surface area contributed by atoms with Gasteiger partial charge in [0.25, 0.3) is 0 Å². The van der Waals surface area contributed by atoms with Crippen molar-refractivity contribution in [2.45, 2.75) is 37.6 Å². The molecule has 1 saturated carbocycles. The average molecular weight is 318 g/mol. The number of aromatic nitrogens is 1. The van der Waals surface area contributed by atoms with Crippen LogP contribution in [0.1, 0.15) is 37.2 Å². The minimum atomic E-state index is 0.496. The van der Waals surface area contributed by atoms with Crippen LogP contribution < -0.4 is 5.32 Å². The van der Waals surface area contributed by atoms with Gasteiger partial charge in [0.2, 0.25) is 0 Å². The zero-order chi connectivity index (χ0) is 14.7. The molecule has 6 rings (SSSR count). The van der Waals surface area contributed by atoms with Gasteiger partial charge in [0.05, 0.1) is 5.39 Å². The van der Waals surface area contributed by atoms with Gasteiger partial charge in [0.1, 0.15) is 0 Å². The standard InChI is InChI=1S/C17H20ClN3O/c18-13-4-3-12-16(15(13)11-1-2-11)22-20-17(12)19-14-9-21-7-5-10(14)6-8-21/h3-4,10-11,14H,1-2,5-9H2,(H,19,20). The van der Waals surface area contributed by atoms with E-state index in [1.165, 1.54) is 38.8 Å². The third kappa shape index (κ3) is 2.04. The van der Waals surface area contributed by atoms with Crippen molar-refractivity contribution in [2.24, 2.45) is 5.92 Å². The minimum Gasteiger partial charge on any atom is -0.362 e. The van der Waals surface area contributed by atoms with Gasteiger partial charge in [-0.2, -0.15) is 0 Å². The van der Waals surface area contributed by atoms with Gasteiger partial charge in [-0.1, -0.05) is 16.8 Å². The third-order valence-electron chi connectivity index (χ3n) is 5.59. The zero-order valence-corrected chi connectivity index (χ0v) is 13.3. The summed E-state index contributed by atoms with van der Waals surface area (Å²) in [4.78, 5) is 2.55. The van der Waals surface area contributed by atoms with Crippen molar-refractivity contribution >= 4 is 28.4 Å². The Morgan fingerprint density at radius 1 is 1.18 bits per heavy atom. The number of nitrogens with one attached hydrogen (secondary N) is 1. The van der Waals surface area contributed by atoms with Crippen LogP contribution in [0.15, 0.2) is 16.7 Å². The Morgan fingerprint density at radius 2 is 2.00 bits per heavy atom. The Labute approximate surface area is 134 Å². The maximum atomic E-state index is 6.38. The fraction of sp³-hybridized carbons (Fsp3) is 0.588. The van der Waals surface area contributed by atoms with Gasteiger partial charge >= 0.3 is 0 Å². The largest absolute Gasteiger partial charge is 0.362 e. The van der Waals surface area contributed by atoms with E-state index in [1.54, 1.807) is 0 Å². The smallest absolute Gasteiger partial charge is 0.177 e. The highest BCUT2D eigenvalue weighted by atomic mass is 35.5. The van der Waals surface area contributed by atoms with Crippen molar-refractivity contribution in [1.29, 1.82) is 0 Å². The predicted molar refractivity (Wildman–Crippen MR) is 87.6 cm³/mol. The van der Waals surface area contributed by atoms with Crippen molar-refractivity contribution in [3.8, 4) is 0 Å². The summed E-state index contributed by atoms with van der Waals surface area (Å²) in [5.74, 6) is 2.23. The Bertz CT molecular complexity index is 716. The summed E-state index contributed by atoms with van der Waals surface area (Å²) in [5.41, 5.74) is 2.05. The van der Waals surface area contributed by atoms with Crippen LogP contribution in [0, 0.1) is 5.92 Å². The number of nitrogens with zero attached hydrogens (tertiary/aromatic N) is 2. The molecule has 0 amide bonds. The van der Waals surface area contributed by atoms with Crippen LogP contribution in [0.2, 0.25) is 5.02 Å². The van der Waals surface area contributed by atoms with Crippen LogP contribution in [0.4, 0.5) is 5.82 Å². The fourth-order valence-corrected chi connectivity index (χ4v) is 4.46. The molecule has 1 aromatic heterocycles. The van der Waals surface area contributed by atoms with E-state index in [0.29, 0.717) is 12.0 Å². The van der Waals surface area contributed by atoms with E-state index in [4.69, 9.17) is 16.1 Å². The Kier molecular flexibility index (Phi) is 2.92. The molecule has 4 fully saturated rings. The zero-order valence-electron chi connectivity index (χ0n) is 12.5. The minimum absolute atomic E-state index is 0.496. The van der Waals surface area contributed by atoms with Crippen molar-refractivity contribution in [3.63, 3.8) is 0 Å². The van der Waals surface area contributed by atoms with Crippen LogP contribution in [-0.2, 0) is 0 Å². The summed E-state index contributed by atoms with van der Waals surface area (Å²) in [5, 5.41) is 9.88.